The largest absolute Gasteiger partial charge is 0.371 e. The van der Waals surface area contributed by atoms with E-state index in [4.69, 9.17) is 10.7 Å². The molecule has 5 heteroatoms. The number of benzene rings is 2. The van der Waals surface area contributed by atoms with Crippen LogP contribution in [0.4, 0.5) is 5.69 Å². The van der Waals surface area contributed by atoms with Gasteiger partial charge in [0.25, 0.3) is 9.05 Å². The molecular formula is C14H16ClNO2S. The Labute approximate surface area is 118 Å². The molecule has 2 aromatic rings. The molecule has 0 unspecified atom stereocenters. The second-order valence-electron chi connectivity index (χ2n) is 4.25. The highest BCUT2D eigenvalue weighted by Gasteiger charge is 2.21. The zero-order valence-electron chi connectivity index (χ0n) is 10.9. The highest BCUT2D eigenvalue weighted by Crippen LogP contribution is 2.34. The van der Waals surface area contributed by atoms with Crippen LogP contribution in [0.15, 0.2) is 41.3 Å². The molecule has 0 aromatic heterocycles. The molecule has 102 valence electrons. The van der Waals surface area contributed by atoms with Crippen molar-refractivity contribution in [3.63, 3.8) is 0 Å². The van der Waals surface area contributed by atoms with Gasteiger partial charge in [-0.25, -0.2) is 8.42 Å². The fourth-order valence-corrected chi connectivity index (χ4v) is 3.68. The fourth-order valence-electron chi connectivity index (χ4n) is 2.30. The Morgan fingerprint density at radius 1 is 1.05 bits per heavy atom. The summed E-state index contributed by atoms with van der Waals surface area (Å²) in [5, 5.41) is 1.54. The maximum atomic E-state index is 11.9. The minimum atomic E-state index is -3.79. The van der Waals surface area contributed by atoms with Crippen LogP contribution in [0.3, 0.4) is 0 Å². The maximum absolute atomic E-state index is 11.9. The average molecular weight is 298 g/mol. The molecule has 3 nitrogen and oxygen atoms in total. The lowest BCUT2D eigenvalue weighted by Crippen LogP contribution is -2.23. The van der Waals surface area contributed by atoms with Gasteiger partial charge in [0, 0.05) is 29.2 Å². The molecule has 0 radical (unpaired) electrons. The van der Waals surface area contributed by atoms with Crippen LogP contribution in [-0.4, -0.2) is 21.5 Å². The molecule has 2 aromatic carbocycles. The van der Waals surface area contributed by atoms with Gasteiger partial charge in [-0.15, -0.1) is 0 Å². The van der Waals surface area contributed by atoms with Gasteiger partial charge in [-0.2, -0.15) is 0 Å². The third-order valence-electron chi connectivity index (χ3n) is 3.21. The van der Waals surface area contributed by atoms with Crippen LogP contribution in [0.2, 0.25) is 0 Å². The van der Waals surface area contributed by atoms with Gasteiger partial charge in [0.05, 0.1) is 5.69 Å². The summed E-state index contributed by atoms with van der Waals surface area (Å²) in [7, 11) is 1.85. The molecule has 19 heavy (non-hydrogen) atoms. The number of hydrogen-bond acceptors (Lipinski definition) is 3. The predicted octanol–water partition coefficient (Wildman–Crippen LogP) is 3.61. The summed E-state index contributed by atoms with van der Waals surface area (Å²) in [4.78, 5) is 2.19. The first kappa shape index (κ1) is 14.2. The summed E-state index contributed by atoms with van der Waals surface area (Å²) < 4.78 is 23.9. The van der Waals surface area contributed by atoms with Gasteiger partial charge in [-0.1, -0.05) is 30.3 Å². The first-order valence-corrected chi connectivity index (χ1v) is 8.51. The van der Waals surface area contributed by atoms with Crippen LogP contribution in [0.5, 0.6) is 0 Å². The van der Waals surface area contributed by atoms with Gasteiger partial charge < -0.3 is 4.90 Å². The van der Waals surface area contributed by atoms with E-state index in [1.165, 1.54) is 0 Å². The molecule has 0 bridgehead atoms. The van der Waals surface area contributed by atoms with Gasteiger partial charge in [0.1, 0.15) is 4.90 Å². The van der Waals surface area contributed by atoms with E-state index in [0.717, 1.165) is 18.5 Å². The zero-order chi connectivity index (χ0) is 14.0. The highest BCUT2D eigenvalue weighted by molar-refractivity contribution is 8.14. The van der Waals surface area contributed by atoms with Crippen LogP contribution in [0, 0.1) is 0 Å². The minimum Gasteiger partial charge on any atom is -0.371 e. The van der Waals surface area contributed by atoms with Crippen molar-refractivity contribution in [2.24, 2.45) is 0 Å². The molecule has 0 saturated heterocycles. The predicted molar refractivity (Wildman–Crippen MR) is 80.5 cm³/mol. The zero-order valence-corrected chi connectivity index (χ0v) is 12.5. The van der Waals surface area contributed by atoms with E-state index in [-0.39, 0.29) is 4.90 Å². The van der Waals surface area contributed by atoms with Crippen molar-refractivity contribution in [1.82, 2.24) is 0 Å². The second kappa shape index (κ2) is 5.39. The van der Waals surface area contributed by atoms with Gasteiger partial charge >= 0.3 is 0 Å². The summed E-state index contributed by atoms with van der Waals surface area (Å²) in [5.41, 5.74) is 0.665. The molecule has 0 aliphatic rings. The SMILES string of the molecule is CCN(CC)c1ccc2ccccc2c1S(=O)(=O)Cl. The van der Waals surface area contributed by atoms with Crippen LogP contribution in [0.25, 0.3) is 10.8 Å². The molecule has 2 rings (SSSR count). The molecule has 0 spiro atoms. The molecule has 0 saturated carbocycles. The summed E-state index contributed by atoms with van der Waals surface area (Å²) in [5.74, 6) is 0. The standard InChI is InChI=1S/C14H16ClNO2S/c1-3-16(4-2)13-10-9-11-7-5-6-8-12(11)14(13)19(15,17)18/h5-10H,3-4H2,1-2H3. The van der Waals surface area contributed by atoms with Crippen molar-refractivity contribution in [3.05, 3.63) is 36.4 Å². The number of halogens is 1. The first-order valence-electron chi connectivity index (χ1n) is 6.20. The fraction of sp³-hybridized carbons (Fsp3) is 0.286. The minimum absolute atomic E-state index is 0.205. The van der Waals surface area contributed by atoms with Gasteiger partial charge in [0.2, 0.25) is 0 Å². The number of anilines is 1. The normalized spacial score (nSPS) is 11.7. The van der Waals surface area contributed by atoms with E-state index in [1.807, 2.05) is 49.1 Å². The lowest BCUT2D eigenvalue weighted by Gasteiger charge is -2.24. The summed E-state index contributed by atoms with van der Waals surface area (Å²) >= 11 is 0. The van der Waals surface area contributed by atoms with Gasteiger partial charge in [-0.05, 0) is 25.3 Å². The van der Waals surface area contributed by atoms with E-state index < -0.39 is 9.05 Å². The second-order valence-corrected chi connectivity index (χ2v) is 6.75. The molecule has 0 aliphatic heterocycles. The highest BCUT2D eigenvalue weighted by atomic mass is 35.7. The smallest absolute Gasteiger partial charge is 0.263 e. The van der Waals surface area contributed by atoms with Crippen LogP contribution >= 0.6 is 10.7 Å². The third-order valence-corrected chi connectivity index (χ3v) is 4.59. The summed E-state index contributed by atoms with van der Waals surface area (Å²) in [6.45, 7) is 5.44. The molecular weight excluding hydrogens is 282 g/mol. The van der Waals surface area contributed by atoms with Crippen molar-refractivity contribution in [2.75, 3.05) is 18.0 Å². The monoisotopic (exact) mass is 297 g/mol. The van der Waals surface area contributed by atoms with E-state index in [1.54, 1.807) is 6.07 Å². The van der Waals surface area contributed by atoms with Gasteiger partial charge in [-0.3, -0.25) is 0 Å². The van der Waals surface area contributed by atoms with Crippen molar-refractivity contribution in [3.8, 4) is 0 Å². The van der Waals surface area contributed by atoms with Crippen LogP contribution in [-0.2, 0) is 9.05 Å². The Bertz CT molecular complexity index is 694. The lowest BCUT2D eigenvalue weighted by atomic mass is 10.1. The summed E-state index contributed by atoms with van der Waals surface area (Å²) in [6.07, 6.45) is 0. The van der Waals surface area contributed by atoms with Crippen molar-refractivity contribution in [1.29, 1.82) is 0 Å². The first-order chi connectivity index (χ1) is 8.99. The molecule has 0 N–H and O–H groups in total. The molecule has 0 amide bonds. The maximum Gasteiger partial charge on any atom is 0.263 e. The molecule has 0 fully saturated rings. The topological polar surface area (TPSA) is 37.4 Å². The number of nitrogens with zero attached hydrogens (tertiary/aromatic N) is 1. The quantitative estimate of drug-likeness (QED) is 0.809. The van der Waals surface area contributed by atoms with E-state index in [2.05, 4.69) is 0 Å². The van der Waals surface area contributed by atoms with Crippen molar-refractivity contribution in [2.45, 2.75) is 18.7 Å². The van der Waals surface area contributed by atoms with E-state index in [0.29, 0.717) is 11.1 Å². The number of rotatable bonds is 4. The Kier molecular flexibility index (Phi) is 4.02. The Balaban J connectivity index is 2.85. The molecule has 0 aliphatic carbocycles. The lowest BCUT2D eigenvalue weighted by molar-refractivity contribution is 0.610. The van der Waals surface area contributed by atoms with Gasteiger partial charge in [0.15, 0.2) is 0 Å². The van der Waals surface area contributed by atoms with Crippen LogP contribution in [0.1, 0.15) is 13.8 Å². The van der Waals surface area contributed by atoms with Crippen molar-refractivity contribution < 1.29 is 8.42 Å². The third kappa shape index (κ3) is 2.69. The molecule has 0 atom stereocenters. The van der Waals surface area contributed by atoms with E-state index >= 15 is 0 Å². The Morgan fingerprint density at radius 2 is 1.68 bits per heavy atom. The van der Waals surface area contributed by atoms with Crippen molar-refractivity contribution >= 4 is 36.2 Å². The summed E-state index contributed by atoms with van der Waals surface area (Å²) in [6, 6.07) is 11.1. The Morgan fingerprint density at radius 3 is 2.26 bits per heavy atom. The molecule has 0 heterocycles. The average Bonchev–Trinajstić information content (AvgIpc) is 2.38. The number of fused-ring (bicyclic) bond motifs is 1. The Hall–Kier alpha value is -1.26. The van der Waals surface area contributed by atoms with Crippen LogP contribution < -0.4 is 4.90 Å². The number of hydrogen-bond donors (Lipinski definition) is 0. The van der Waals surface area contributed by atoms with E-state index in [9.17, 15) is 8.42 Å².